The second kappa shape index (κ2) is 7.94. The first-order valence-corrected chi connectivity index (χ1v) is 8.06. The van der Waals surface area contributed by atoms with Gasteiger partial charge in [-0.1, -0.05) is 36.4 Å². The molecule has 6 heteroatoms. The summed E-state index contributed by atoms with van der Waals surface area (Å²) in [5.74, 6) is 0. The second-order valence-electron chi connectivity index (χ2n) is 5.66. The van der Waals surface area contributed by atoms with Crippen molar-refractivity contribution >= 4 is 29.0 Å². The molecule has 0 aliphatic carbocycles. The fraction of sp³-hybridized carbons (Fsp3) is 0.0500. The van der Waals surface area contributed by atoms with Crippen LogP contribution in [0.1, 0.15) is 5.56 Å². The fourth-order valence-corrected chi connectivity index (χ4v) is 2.46. The van der Waals surface area contributed by atoms with E-state index in [0.29, 0.717) is 5.69 Å². The Morgan fingerprint density at radius 2 is 1.65 bits per heavy atom. The van der Waals surface area contributed by atoms with Crippen LogP contribution in [0.25, 0.3) is 0 Å². The Bertz CT molecular complexity index is 909. The number of benzene rings is 3. The molecule has 0 saturated carbocycles. The largest absolute Gasteiger partial charge is 0.345 e. The summed E-state index contributed by atoms with van der Waals surface area (Å²) in [6, 6.07) is 24.3. The summed E-state index contributed by atoms with van der Waals surface area (Å²) in [5.41, 5.74) is 6.50. The summed E-state index contributed by atoms with van der Waals surface area (Å²) in [5, 5.41) is 14.9. The fourth-order valence-electron chi connectivity index (χ4n) is 2.46. The number of hydrazone groups is 1. The highest BCUT2D eigenvalue weighted by atomic mass is 16.6. The first-order valence-electron chi connectivity index (χ1n) is 8.06. The van der Waals surface area contributed by atoms with Crippen LogP contribution in [0.15, 0.2) is 84.0 Å². The van der Waals surface area contributed by atoms with E-state index in [9.17, 15) is 10.1 Å². The third-order valence-corrected chi connectivity index (χ3v) is 3.89. The van der Waals surface area contributed by atoms with Gasteiger partial charge in [0, 0.05) is 30.6 Å². The Morgan fingerprint density at radius 3 is 2.35 bits per heavy atom. The first-order chi connectivity index (χ1) is 12.6. The highest BCUT2D eigenvalue weighted by molar-refractivity contribution is 5.81. The van der Waals surface area contributed by atoms with Crippen molar-refractivity contribution in [1.82, 2.24) is 0 Å². The van der Waals surface area contributed by atoms with E-state index in [2.05, 4.69) is 27.6 Å². The molecule has 0 atom stereocenters. The molecular formula is C20H18N4O2. The molecule has 0 aliphatic rings. The highest BCUT2D eigenvalue weighted by Crippen LogP contribution is 2.23. The molecule has 0 unspecified atom stereocenters. The van der Waals surface area contributed by atoms with Gasteiger partial charge in [0.2, 0.25) is 0 Å². The predicted molar refractivity (Wildman–Crippen MR) is 105 cm³/mol. The standard InChI is InChI=1S/C20H18N4O2/c1-23(18-7-3-2-4-8-18)19-12-10-16(11-13-19)15-21-22-17-6-5-9-20(14-17)24(25)26/h2-15,22H,1H3/b21-15-. The zero-order chi connectivity index (χ0) is 18.4. The van der Waals surface area contributed by atoms with Crippen molar-refractivity contribution in [2.75, 3.05) is 17.4 Å². The van der Waals surface area contributed by atoms with Gasteiger partial charge in [0.15, 0.2) is 0 Å². The minimum absolute atomic E-state index is 0.0264. The number of nitro groups is 1. The van der Waals surface area contributed by atoms with Crippen LogP contribution in [0.4, 0.5) is 22.7 Å². The molecule has 0 aromatic heterocycles. The smallest absolute Gasteiger partial charge is 0.271 e. The lowest BCUT2D eigenvalue weighted by Crippen LogP contribution is -2.08. The minimum atomic E-state index is -0.434. The molecule has 1 N–H and O–H groups in total. The van der Waals surface area contributed by atoms with Crippen molar-refractivity contribution in [1.29, 1.82) is 0 Å². The molecule has 3 aromatic rings. The summed E-state index contributed by atoms with van der Waals surface area (Å²) in [6.07, 6.45) is 1.67. The number of non-ortho nitro benzene ring substituents is 1. The van der Waals surface area contributed by atoms with Crippen LogP contribution in [0.3, 0.4) is 0 Å². The molecule has 0 aliphatic heterocycles. The van der Waals surface area contributed by atoms with E-state index in [1.54, 1.807) is 18.3 Å². The number of anilines is 3. The Balaban J connectivity index is 1.65. The zero-order valence-electron chi connectivity index (χ0n) is 14.2. The molecule has 0 spiro atoms. The number of nitro benzene ring substituents is 1. The van der Waals surface area contributed by atoms with E-state index in [-0.39, 0.29) is 5.69 Å². The molecule has 3 rings (SSSR count). The number of rotatable bonds is 6. The van der Waals surface area contributed by atoms with E-state index in [1.165, 1.54) is 12.1 Å². The van der Waals surface area contributed by atoms with Crippen LogP contribution >= 0.6 is 0 Å². The maximum absolute atomic E-state index is 10.8. The first kappa shape index (κ1) is 17.2. The number of nitrogens with zero attached hydrogens (tertiary/aromatic N) is 3. The summed E-state index contributed by atoms with van der Waals surface area (Å²) in [6.45, 7) is 0. The molecule has 130 valence electrons. The SMILES string of the molecule is CN(c1ccccc1)c1ccc(/C=N\Nc2cccc([N+](=O)[O-])c2)cc1. The van der Waals surface area contributed by atoms with Gasteiger partial charge < -0.3 is 4.90 Å². The Labute approximate surface area is 151 Å². The van der Waals surface area contributed by atoms with Gasteiger partial charge in [-0.25, -0.2) is 0 Å². The normalized spacial score (nSPS) is 10.7. The maximum atomic E-state index is 10.8. The number of para-hydroxylation sites is 1. The topological polar surface area (TPSA) is 70.8 Å². The van der Waals surface area contributed by atoms with Crippen molar-refractivity contribution < 1.29 is 4.92 Å². The van der Waals surface area contributed by atoms with Gasteiger partial charge in [-0.3, -0.25) is 15.5 Å². The monoisotopic (exact) mass is 346 g/mol. The molecule has 6 nitrogen and oxygen atoms in total. The van der Waals surface area contributed by atoms with Crippen LogP contribution in [0, 0.1) is 10.1 Å². The molecule has 0 fully saturated rings. The van der Waals surface area contributed by atoms with E-state index >= 15 is 0 Å². The van der Waals surface area contributed by atoms with E-state index < -0.39 is 4.92 Å². The molecule has 0 radical (unpaired) electrons. The molecular weight excluding hydrogens is 328 g/mol. The Hall–Kier alpha value is -3.67. The second-order valence-corrected chi connectivity index (χ2v) is 5.66. The number of hydrogen-bond acceptors (Lipinski definition) is 5. The quantitative estimate of drug-likeness (QED) is 0.395. The molecule has 0 saturated heterocycles. The minimum Gasteiger partial charge on any atom is -0.345 e. The van der Waals surface area contributed by atoms with Crippen molar-refractivity contribution in [2.24, 2.45) is 5.10 Å². The molecule has 3 aromatic carbocycles. The van der Waals surface area contributed by atoms with Crippen LogP contribution in [0.2, 0.25) is 0 Å². The Morgan fingerprint density at radius 1 is 0.962 bits per heavy atom. The van der Waals surface area contributed by atoms with Gasteiger partial charge in [0.05, 0.1) is 16.8 Å². The van der Waals surface area contributed by atoms with Crippen LogP contribution in [-0.4, -0.2) is 18.2 Å². The molecule has 0 amide bonds. The van der Waals surface area contributed by atoms with Crippen molar-refractivity contribution in [3.8, 4) is 0 Å². The molecule has 0 heterocycles. The van der Waals surface area contributed by atoms with Crippen molar-refractivity contribution in [3.05, 3.63) is 94.5 Å². The van der Waals surface area contributed by atoms with Crippen LogP contribution in [0.5, 0.6) is 0 Å². The number of nitrogens with one attached hydrogen (secondary N) is 1. The van der Waals surface area contributed by atoms with E-state index in [0.717, 1.165) is 16.9 Å². The lowest BCUT2D eigenvalue weighted by molar-refractivity contribution is -0.384. The van der Waals surface area contributed by atoms with Gasteiger partial charge in [0.1, 0.15) is 0 Å². The molecule has 26 heavy (non-hydrogen) atoms. The van der Waals surface area contributed by atoms with Gasteiger partial charge >= 0.3 is 0 Å². The van der Waals surface area contributed by atoms with Gasteiger partial charge in [-0.2, -0.15) is 5.10 Å². The van der Waals surface area contributed by atoms with E-state index in [1.807, 2.05) is 49.5 Å². The predicted octanol–water partition coefficient (Wildman–Crippen LogP) is 4.81. The average Bonchev–Trinajstić information content (AvgIpc) is 2.69. The highest BCUT2D eigenvalue weighted by Gasteiger charge is 2.05. The van der Waals surface area contributed by atoms with Crippen LogP contribution < -0.4 is 10.3 Å². The summed E-state index contributed by atoms with van der Waals surface area (Å²) in [4.78, 5) is 12.4. The summed E-state index contributed by atoms with van der Waals surface area (Å²) in [7, 11) is 2.02. The van der Waals surface area contributed by atoms with Gasteiger partial charge in [0.25, 0.3) is 5.69 Å². The summed E-state index contributed by atoms with van der Waals surface area (Å²) >= 11 is 0. The maximum Gasteiger partial charge on any atom is 0.271 e. The Kier molecular flexibility index (Phi) is 5.24. The summed E-state index contributed by atoms with van der Waals surface area (Å²) < 4.78 is 0. The zero-order valence-corrected chi connectivity index (χ0v) is 14.2. The van der Waals surface area contributed by atoms with Crippen molar-refractivity contribution in [2.45, 2.75) is 0 Å². The van der Waals surface area contributed by atoms with E-state index in [4.69, 9.17) is 0 Å². The lowest BCUT2D eigenvalue weighted by atomic mass is 10.2. The lowest BCUT2D eigenvalue weighted by Gasteiger charge is -2.19. The van der Waals surface area contributed by atoms with Crippen LogP contribution in [-0.2, 0) is 0 Å². The third kappa shape index (κ3) is 4.24. The molecule has 0 bridgehead atoms. The van der Waals surface area contributed by atoms with Gasteiger partial charge in [-0.15, -0.1) is 0 Å². The third-order valence-electron chi connectivity index (χ3n) is 3.89. The van der Waals surface area contributed by atoms with Crippen molar-refractivity contribution in [3.63, 3.8) is 0 Å². The number of hydrogen-bond donors (Lipinski definition) is 1. The average molecular weight is 346 g/mol. The van der Waals surface area contributed by atoms with Gasteiger partial charge in [-0.05, 0) is 35.9 Å².